The highest BCUT2D eigenvalue weighted by molar-refractivity contribution is 7.72. The van der Waals surface area contributed by atoms with Crippen molar-refractivity contribution in [2.45, 2.75) is 37.9 Å². The average Bonchev–Trinajstić information content (AvgIpc) is 2.75. The van der Waals surface area contributed by atoms with Gasteiger partial charge in [0.05, 0.1) is 11.7 Å². The van der Waals surface area contributed by atoms with Gasteiger partial charge in [0.2, 0.25) is 0 Å². The molecule has 0 bridgehead atoms. The lowest BCUT2D eigenvalue weighted by Gasteiger charge is -2.31. The number of ether oxygens (including phenoxy) is 1. The lowest BCUT2D eigenvalue weighted by Crippen LogP contribution is -2.42. The lowest BCUT2D eigenvalue weighted by molar-refractivity contribution is -0.0579. The molecule has 132 valence electrons. The summed E-state index contributed by atoms with van der Waals surface area (Å²) in [7, 11) is 0. The van der Waals surface area contributed by atoms with Crippen molar-refractivity contribution in [1.29, 1.82) is 0 Å². The Hall–Kier alpha value is -1.51. The van der Waals surface area contributed by atoms with Crippen LogP contribution in [0.25, 0.3) is 0 Å². The summed E-state index contributed by atoms with van der Waals surface area (Å²) in [5, 5.41) is 20.7. The fourth-order valence-electron chi connectivity index (χ4n) is 2.66. The standard InChI is InChI=1S/C17H26N3O3P/c1-6-7-12-10-20(11(2)19-16(12)18)17-15(22)14(21)13(23-17)8-9-24(3,4)5/h10,13-15,17,21-22H,2-3,8-9H2,1,4-5H3,(H2,18,19)/t13-,14-,15-,17-/m1/s1. The number of amidine groups is 1. The SMILES string of the molecule is C=C1N=C(N)C(C#CC)=CN1[C@@H]1O[C@H](CCP(=C)(C)C)[C@@H](O)[C@H]1O. The predicted molar refractivity (Wildman–Crippen MR) is 100 cm³/mol. The van der Waals surface area contributed by atoms with Crippen LogP contribution in [0.1, 0.15) is 13.3 Å². The Balaban J connectivity index is 2.18. The first-order valence-electron chi connectivity index (χ1n) is 7.79. The van der Waals surface area contributed by atoms with Crippen molar-refractivity contribution in [1.82, 2.24) is 4.90 Å². The quantitative estimate of drug-likeness (QED) is 0.509. The van der Waals surface area contributed by atoms with Crippen LogP contribution >= 0.6 is 6.89 Å². The number of nitrogens with two attached hydrogens (primary N) is 1. The van der Waals surface area contributed by atoms with Crippen LogP contribution in [0.5, 0.6) is 0 Å². The van der Waals surface area contributed by atoms with Crippen LogP contribution in [0.3, 0.4) is 0 Å². The van der Waals surface area contributed by atoms with Gasteiger partial charge in [-0.15, -0.1) is 19.1 Å². The summed E-state index contributed by atoms with van der Waals surface area (Å²) in [6.07, 6.45) is 4.09. The maximum atomic E-state index is 10.4. The highest BCUT2D eigenvalue weighted by Crippen LogP contribution is 2.38. The molecule has 1 saturated heterocycles. The minimum absolute atomic E-state index is 0.277. The third-order valence-corrected chi connectivity index (χ3v) is 5.45. The molecule has 0 amide bonds. The predicted octanol–water partition coefficient (Wildman–Crippen LogP) is 0.584. The fourth-order valence-corrected chi connectivity index (χ4v) is 3.62. The van der Waals surface area contributed by atoms with E-state index in [-0.39, 0.29) is 5.84 Å². The van der Waals surface area contributed by atoms with Crippen LogP contribution in [0.15, 0.2) is 29.2 Å². The van der Waals surface area contributed by atoms with Crippen LogP contribution in [0, 0.1) is 11.8 Å². The largest absolute Gasteiger partial charge is 0.388 e. The first-order chi connectivity index (χ1) is 11.1. The van der Waals surface area contributed by atoms with E-state index >= 15 is 0 Å². The van der Waals surface area contributed by atoms with Gasteiger partial charge in [0.25, 0.3) is 0 Å². The molecular formula is C17H26N3O3P. The third kappa shape index (κ3) is 4.12. The first-order valence-corrected chi connectivity index (χ1v) is 10.8. The molecule has 4 atom stereocenters. The van der Waals surface area contributed by atoms with Gasteiger partial charge < -0.3 is 25.6 Å². The van der Waals surface area contributed by atoms with Crippen LogP contribution < -0.4 is 5.73 Å². The molecule has 4 N–H and O–H groups in total. The topological polar surface area (TPSA) is 91.3 Å². The molecular weight excluding hydrogens is 325 g/mol. The molecule has 1 fully saturated rings. The molecule has 0 radical (unpaired) electrons. The van der Waals surface area contributed by atoms with Crippen molar-refractivity contribution in [2.24, 2.45) is 10.7 Å². The second kappa shape index (κ2) is 7.16. The minimum Gasteiger partial charge on any atom is -0.388 e. The molecule has 0 unspecified atom stereocenters. The molecule has 2 aliphatic rings. The monoisotopic (exact) mass is 351 g/mol. The molecule has 0 aromatic carbocycles. The Morgan fingerprint density at radius 3 is 2.67 bits per heavy atom. The molecule has 0 aromatic heterocycles. The number of aliphatic hydroxyl groups excluding tert-OH is 2. The Morgan fingerprint density at radius 1 is 1.42 bits per heavy atom. The summed E-state index contributed by atoms with van der Waals surface area (Å²) >= 11 is 0. The van der Waals surface area contributed by atoms with Gasteiger partial charge in [-0.1, -0.05) is 12.5 Å². The smallest absolute Gasteiger partial charge is 0.164 e. The van der Waals surface area contributed by atoms with E-state index in [1.165, 1.54) is 0 Å². The zero-order valence-electron chi connectivity index (χ0n) is 14.4. The number of rotatable bonds is 4. The van der Waals surface area contributed by atoms with Gasteiger partial charge in [-0.25, -0.2) is 4.99 Å². The molecule has 24 heavy (non-hydrogen) atoms. The van der Waals surface area contributed by atoms with Crippen molar-refractivity contribution in [3.8, 4) is 11.8 Å². The number of nitrogens with zero attached hydrogens (tertiary/aromatic N) is 2. The number of aliphatic imine (C=N–C) groups is 1. The van der Waals surface area contributed by atoms with E-state index in [0.29, 0.717) is 17.8 Å². The van der Waals surface area contributed by atoms with E-state index in [1.807, 2.05) is 0 Å². The number of hydrogen-bond acceptors (Lipinski definition) is 6. The summed E-state index contributed by atoms with van der Waals surface area (Å²) in [5.74, 6) is 6.25. The van der Waals surface area contributed by atoms with Gasteiger partial charge in [0, 0.05) is 6.20 Å². The summed E-state index contributed by atoms with van der Waals surface area (Å²) in [5.41, 5.74) is 6.37. The molecule has 0 spiro atoms. The van der Waals surface area contributed by atoms with E-state index in [9.17, 15) is 10.2 Å². The molecule has 0 saturated carbocycles. The van der Waals surface area contributed by atoms with Crippen LogP contribution in [-0.2, 0) is 4.74 Å². The van der Waals surface area contributed by atoms with Crippen molar-refractivity contribution >= 4 is 19.0 Å². The van der Waals surface area contributed by atoms with Gasteiger partial charge in [0.1, 0.15) is 23.9 Å². The third-order valence-electron chi connectivity index (χ3n) is 3.98. The van der Waals surface area contributed by atoms with E-state index in [1.54, 1.807) is 18.0 Å². The maximum Gasteiger partial charge on any atom is 0.164 e. The average molecular weight is 351 g/mol. The van der Waals surface area contributed by atoms with E-state index in [0.717, 1.165) is 6.16 Å². The highest BCUT2D eigenvalue weighted by atomic mass is 31.2. The van der Waals surface area contributed by atoms with Crippen molar-refractivity contribution in [3.63, 3.8) is 0 Å². The van der Waals surface area contributed by atoms with Crippen molar-refractivity contribution in [3.05, 3.63) is 24.2 Å². The Kier molecular flexibility index (Phi) is 5.62. The molecule has 2 rings (SSSR count). The van der Waals surface area contributed by atoms with Crippen LogP contribution in [0.2, 0.25) is 0 Å². The Morgan fingerprint density at radius 2 is 2.08 bits per heavy atom. The molecule has 7 heteroatoms. The van der Waals surface area contributed by atoms with Gasteiger partial charge in [-0.3, -0.25) is 0 Å². The van der Waals surface area contributed by atoms with Crippen molar-refractivity contribution < 1.29 is 14.9 Å². The number of hydrogen-bond donors (Lipinski definition) is 3. The van der Waals surface area contributed by atoms with E-state index in [4.69, 9.17) is 10.5 Å². The number of aliphatic hydroxyl groups is 2. The van der Waals surface area contributed by atoms with Gasteiger partial charge in [-0.05, 0) is 32.8 Å². The fraction of sp³-hybridized carbons (Fsp3) is 0.529. The second-order valence-corrected chi connectivity index (χ2v) is 11.1. The summed E-state index contributed by atoms with van der Waals surface area (Å²) in [6.45, 7) is 8.58. The molecule has 6 nitrogen and oxygen atoms in total. The summed E-state index contributed by atoms with van der Waals surface area (Å²) in [6, 6.07) is 0. The second-order valence-electron chi connectivity index (χ2n) is 6.73. The maximum absolute atomic E-state index is 10.4. The molecule has 2 aliphatic heterocycles. The zero-order chi connectivity index (χ0) is 18.1. The zero-order valence-corrected chi connectivity index (χ0v) is 15.3. The molecule has 2 heterocycles. The van der Waals surface area contributed by atoms with Crippen molar-refractivity contribution in [2.75, 3.05) is 19.5 Å². The van der Waals surface area contributed by atoms with Gasteiger partial charge in [0.15, 0.2) is 6.23 Å². The Bertz CT molecular complexity index is 683. The molecule has 0 aromatic rings. The van der Waals surface area contributed by atoms with Crippen LogP contribution in [-0.4, -0.2) is 71.3 Å². The van der Waals surface area contributed by atoms with Gasteiger partial charge in [-0.2, -0.15) is 0 Å². The van der Waals surface area contributed by atoms with E-state index < -0.39 is 31.4 Å². The van der Waals surface area contributed by atoms with E-state index in [2.05, 4.69) is 43.0 Å². The lowest BCUT2D eigenvalue weighted by atomic mass is 10.1. The molecule has 0 aliphatic carbocycles. The minimum atomic E-state index is -1.23. The summed E-state index contributed by atoms with van der Waals surface area (Å²) < 4.78 is 5.91. The van der Waals surface area contributed by atoms with Gasteiger partial charge >= 0.3 is 0 Å². The van der Waals surface area contributed by atoms with Crippen LogP contribution in [0.4, 0.5) is 0 Å². The first kappa shape index (κ1) is 18.8. The highest BCUT2D eigenvalue weighted by Gasteiger charge is 2.45. The normalized spacial score (nSPS) is 30.5. The summed E-state index contributed by atoms with van der Waals surface area (Å²) in [4.78, 5) is 5.73. The Labute approximate surface area is 143 Å².